The molecular weight excluding hydrogens is 528 g/mol. The zero-order valence-electron chi connectivity index (χ0n) is 23.1. The van der Waals surface area contributed by atoms with Gasteiger partial charge in [-0.1, -0.05) is 84.9 Å². The van der Waals surface area contributed by atoms with Gasteiger partial charge in [0, 0.05) is 16.5 Å². The van der Waals surface area contributed by atoms with E-state index < -0.39 is 0 Å². The van der Waals surface area contributed by atoms with Crippen LogP contribution in [0.3, 0.4) is 0 Å². The van der Waals surface area contributed by atoms with E-state index in [2.05, 4.69) is 102 Å². The third-order valence-corrected chi connectivity index (χ3v) is 8.45. The normalized spacial score (nSPS) is 11.8. The Bertz CT molecular complexity index is 2570. The zero-order chi connectivity index (χ0) is 28.5. The Kier molecular flexibility index (Phi) is 4.98. The average Bonchev–Trinajstić information content (AvgIpc) is 3.62. The molecule has 0 bridgehead atoms. The average molecular weight is 553 g/mol. The maximum absolute atomic E-state index is 14.5. The number of hydrogen-bond donors (Lipinski definition) is 0. The van der Waals surface area contributed by atoms with Crippen molar-refractivity contribution in [3.8, 4) is 22.5 Å². The van der Waals surface area contributed by atoms with Gasteiger partial charge in [-0.15, -0.1) is 0 Å². The summed E-state index contributed by atoms with van der Waals surface area (Å²) in [7, 11) is 0. The van der Waals surface area contributed by atoms with E-state index in [-0.39, 0.29) is 5.56 Å². The van der Waals surface area contributed by atoms with Gasteiger partial charge in [0.2, 0.25) is 5.65 Å². The third-order valence-electron chi connectivity index (χ3n) is 8.45. The maximum atomic E-state index is 14.5. The smallest absolute Gasteiger partial charge is 0.299 e. The lowest BCUT2D eigenvalue weighted by Crippen LogP contribution is -2.22. The highest BCUT2D eigenvalue weighted by Gasteiger charge is 2.19. The standard InChI is InChI=1S/C38H24N4O/c43-38-37-39-31-16-8-10-18-34(31)42(37)35-21-19-26(25-11-3-1-4-12-25)23-36(35)41(38)28-20-22-33-30(24-28)29-15-7-9-17-32(29)40(33)27-13-5-2-6-14-27/h1-24H. The Labute approximate surface area is 246 Å². The number of rotatable bonds is 3. The molecule has 202 valence electrons. The summed E-state index contributed by atoms with van der Waals surface area (Å²) in [6.45, 7) is 0. The van der Waals surface area contributed by atoms with Crippen LogP contribution in [0.25, 0.3) is 72.0 Å². The molecule has 0 saturated carbocycles. The van der Waals surface area contributed by atoms with Crippen molar-refractivity contribution >= 4 is 49.5 Å². The number of nitrogens with zero attached hydrogens (tertiary/aromatic N) is 4. The molecule has 9 rings (SSSR count). The lowest BCUT2D eigenvalue weighted by atomic mass is 10.0. The molecule has 6 aromatic carbocycles. The van der Waals surface area contributed by atoms with Crippen LogP contribution in [-0.2, 0) is 0 Å². The molecule has 9 aromatic rings. The lowest BCUT2D eigenvalue weighted by molar-refractivity contribution is 1.02. The molecule has 0 aliphatic rings. The van der Waals surface area contributed by atoms with E-state index >= 15 is 0 Å². The molecule has 0 radical (unpaired) electrons. The van der Waals surface area contributed by atoms with E-state index in [4.69, 9.17) is 4.98 Å². The Hall–Kier alpha value is -5.94. The van der Waals surface area contributed by atoms with Gasteiger partial charge in [0.05, 0.1) is 38.8 Å². The van der Waals surface area contributed by atoms with E-state index in [1.165, 1.54) is 0 Å². The van der Waals surface area contributed by atoms with Crippen LogP contribution in [0.15, 0.2) is 150 Å². The van der Waals surface area contributed by atoms with Crippen LogP contribution in [0, 0.1) is 0 Å². The van der Waals surface area contributed by atoms with Crippen molar-refractivity contribution in [3.05, 3.63) is 156 Å². The lowest BCUT2D eigenvalue weighted by Gasteiger charge is -2.15. The van der Waals surface area contributed by atoms with Gasteiger partial charge >= 0.3 is 0 Å². The van der Waals surface area contributed by atoms with Crippen molar-refractivity contribution in [1.82, 2.24) is 18.5 Å². The van der Waals surface area contributed by atoms with Gasteiger partial charge < -0.3 is 4.57 Å². The van der Waals surface area contributed by atoms with Gasteiger partial charge in [-0.3, -0.25) is 13.8 Å². The molecule has 0 atom stereocenters. The van der Waals surface area contributed by atoms with Crippen molar-refractivity contribution < 1.29 is 0 Å². The molecule has 0 amide bonds. The number of aromatic nitrogens is 4. The van der Waals surface area contributed by atoms with E-state index in [0.29, 0.717) is 5.65 Å². The zero-order valence-corrected chi connectivity index (χ0v) is 23.1. The second kappa shape index (κ2) is 9.03. The van der Waals surface area contributed by atoms with E-state index in [1.54, 1.807) is 0 Å². The first kappa shape index (κ1) is 23.7. The molecule has 0 fully saturated rings. The quantitative estimate of drug-likeness (QED) is 0.220. The Morgan fingerprint density at radius 2 is 1.12 bits per heavy atom. The Morgan fingerprint density at radius 3 is 1.95 bits per heavy atom. The minimum absolute atomic E-state index is 0.153. The highest BCUT2D eigenvalue weighted by molar-refractivity contribution is 6.10. The van der Waals surface area contributed by atoms with E-state index in [0.717, 1.165) is 66.4 Å². The molecule has 0 aliphatic heterocycles. The minimum Gasteiger partial charge on any atom is -0.309 e. The van der Waals surface area contributed by atoms with Crippen LogP contribution in [0.2, 0.25) is 0 Å². The predicted molar refractivity (Wildman–Crippen MR) is 176 cm³/mol. The molecule has 3 aromatic heterocycles. The maximum Gasteiger partial charge on any atom is 0.299 e. The highest BCUT2D eigenvalue weighted by Crippen LogP contribution is 2.34. The molecule has 5 nitrogen and oxygen atoms in total. The second-order valence-corrected chi connectivity index (χ2v) is 10.9. The number of benzene rings is 6. The predicted octanol–water partition coefficient (Wildman–Crippen LogP) is 8.56. The van der Waals surface area contributed by atoms with Crippen LogP contribution in [-0.4, -0.2) is 18.5 Å². The third kappa shape index (κ3) is 3.45. The summed E-state index contributed by atoms with van der Waals surface area (Å²) >= 11 is 0. The molecule has 5 heteroatoms. The molecule has 0 unspecified atom stereocenters. The largest absolute Gasteiger partial charge is 0.309 e. The van der Waals surface area contributed by atoms with Gasteiger partial charge in [-0.2, -0.15) is 0 Å². The fraction of sp³-hybridized carbons (Fsp3) is 0. The SMILES string of the molecule is O=c1c2nc3ccccc3n2c2ccc(-c3ccccc3)cc2n1-c1ccc2c(c1)c1ccccc1n2-c1ccccc1. The summed E-state index contributed by atoms with van der Waals surface area (Å²) in [4.78, 5) is 19.3. The van der Waals surface area contributed by atoms with E-state index in [9.17, 15) is 4.79 Å². The molecule has 0 spiro atoms. The van der Waals surface area contributed by atoms with Gasteiger partial charge in [0.15, 0.2) is 0 Å². The first-order valence-electron chi connectivity index (χ1n) is 14.4. The summed E-state index contributed by atoms with van der Waals surface area (Å²) < 4.78 is 6.11. The Morgan fingerprint density at radius 1 is 0.442 bits per heavy atom. The van der Waals surface area contributed by atoms with Crippen LogP contribution in [0.1, 0.15) is 0 Å². The second-order valence-electron chi connectivity index (χ2n) is 10.9. The molecule has 3 heterocycles. The molecule has 0 N–H and O–H groups in total. The van der Waals surface area contributed by atoms with Gasteiger partial charge in [-0.25, -0.2) is 4.98 Å². The van der Waals surface area contributed by atoms with Crippen LogP contribution >= 0.6 is 0 Å². The minimum atomic E-state index is -0.153. The van der Waals surface area contributed by atoms with Gasteiger partial charge in [-0.05, 0) is 71.8 Å². The summed E-state index contributed by atoms with van der Waals surface area (Å²) in [5, 5.41) is 2.22. The van der Waals surface area contributed by atoms with Crippen molar-refractivity contribution in [1.29, 1.82) is 0 Å². The van der Waals surface area contributed by atoms with Gasteiger partial charge in [0.1, 0.15) is 0 Å². The monoisotopic (exact) mass is 552 g/mol. The molecule has 0 saturated heterocycles. The topological polar surface area (TPSA) is 44.2 Å². The first-order valence-corrected chi connectivity index (χ1v) is 14.4. The van der Waals surface area contributed by atoms with Gasteiger partial charge in [0.25, 0.3) is 5.56 Å². The number of para-hydroxylation sites is 4. The van der Waals surface area contributed by atoms with Crippen LogP contribution < -0.4 is 5.56 Å². The molecule has 43 heavy (non-hydrogen) atoms. The summed E-state index contributed by atoms with van der Waals surface area (Å²) in [5.74, 6) is 0. The highest BCUT2D eigenvalue weighted by atomic mass is 16.1. The molecular formula is C38H24N4O. The fourth-order valence-corrected chi connectivity index (χ4v) is 6.54. The number of imidazole rings is 1. The van der Waals surface area contributed by atoms with Crippen molar-refractivity contribution in [2.24, 2.45) is 0 Å². The summed E-state index contributed by atoms with van der Waals surface area (Å²) in [6.07, 6.45) is 0. The van der Waals surface area contributed by atoms with E-state index in [1.807, 2.05) is 57.5 Å². The van der Waals surface area contributed by atoms with Crippen molar-refractivity contribution in [2.75, 3.05) is 0 Å². The number of hydrogen-bond acceptors (Lipinski definition) is 2. The first-order chi connectivity index (χ1) is 21.3. The van der Waals surface area contributed by atoms with Crippen LogP contribution in [0.5, 0.6) is 0 Å². The van der Waals surface area contributed by atoms with Crippen LogP contribution in [0.4, 0.5) is 0 Å². The number of fused-ring (bicyclic) bond motifs is 8. The summed E-state index contributed by atoms with van der Waals surface area (Å²) in [5.41, 5.74) is 9.99. The Balaban J connectivity index is 1.40. The van der Waals surface area contributed by atoms with Crippen molar-refractivity contribution in [2.45, 2.75) is 0 Å². The summed E-state index contributed by atoms with van der Waals surface area (Å²) in [6, 6.07) is 49.7. The fourth-order valence-electron chi connectivity index (χ4n) is 6.54. The van der Waals surface area contributed by atoms with Crippen molar-refractivity contribution in [3.63, 3.8) is 0 Å². The molecule has 0 aliphatic carbocycles.